The minimum atomic E-state index is -3.93. The number of carbonyl (C=O) groups excluding carboxylic acids is 1. The zero-order chi connectivity index (χ0) is 17.9. The zero-order valence-electron chi connectivity index (χ0n) is 13.2. The van der Waals surface area contributed by atoms with Gasteiger partial charge in [0, 0.05) is 6.04 Å². The molecule has 0 spiro atoms. The van der Waals surface area contributed by atoms with Gasteiger partial charge in [0.05, 0.1) is 23.5 Å². The van der Waals surface area contributed by atoms with E-state index < -0.39 is 21.9 Å². The van der Waals surface area contributed by atoms with Crippen molar-refractivity contribution in [2.45, 2.75) is 36.6 Å². The monoisotopic (exact) mass is 356 g/mol. The van der Waals surface area contributed by atoms with Gasteiger partial charge >= 0.3 is 5.97 Å². The number of rotatable bonds is 5. The molecule has 2 rings (SSSR count). The number of sulfonamides is 1. The lowest BCUT2D eigenvalue weighted by molar-refractivity contribution is -0.142. The Morgan fingerprint density at radius 2 is 1.88 bits per heavy atom. The number of ether oxygens (including phenoxy) is 1. The van der Waals surface area contributed by atoms with Gasteiger partial charge in [0.25, 0.3) is 5.91 Å². The lowest BCUT2D eigenvalue weighted by Crippen LogP contribution is -2.38. The summed E-state index contributed by atoms with van der Waals surface area (Å²) in [6.45, 7) is 0. The number of amides is 1. The second-order valence-electron chi connectivity index (χ2n) is 5.77. The van der Waals surface area contributed by atoms with Gasteiger partial charge in [-0.25, -0.2) is 13.6 Å². The summed E-state index contributed by atoms with van der Waals surface area (Å²) in [5.41, 5.74) is 0.0735. The van der Waals surface area contributed by atoms with Gasteiger partial charge in [-0.3, -0.25) is 9.59 Å². The van der Waals surface area contributed by atoms with Crippen LogP contribution in [0.3, 0.4) is 0 Å². The molecule has 0 atom stereocenters. The van der Waals surface area contributed by atoms with Crippen molar-refractivity contribution >= 4 is 21.9 Å². The maximum atomic E-state index is 12.4. The molecule has 1 fully saturated rings. The van der Waals surface area contributed by atoms with E-state index in [9.17, 15) is 18.0 Å². The molecule has 1 amide bonds. The van der Waals surface area contributed by atoms with Crippen LogP contribution in [0, 0.1) is 5.92 Å². The van der Waals surface area contributed by atoms with Crippen molar-refractivity contribution in [3.05, 3.63) is 23.8 Å². The predicted octanol–water partition coefficient (Wildman–Crippen LogP) is 0.716. The van der Waals surface area contributed by atoms with Crippen LogP contribution in [0.2, 0.25) is 0 Å². The zero-order valence-corrected chi connectivity index (χ0v) is 14.0. The third-order valence-corrected chi connectivity index (χ3v) is 5.07. The van der Waals surface area contributed by atoms with E-state index in [4.69, 9.17) is 15.0 Å². The third-order valence-electron chi connectivity index (χ3n) is 4.16. The van der Waals surface area contributed by atoms with Gasteiger partial charge in [0.15, 0.2) is 0 Å². The smallest absolute Gasteiger partial charge is 0.306 e. The van der Waals surface area contributed by atoms with Crippen LogP contribution in [0.5, 0.6) is 5.75 Å². The molecule has 9 heteroatoms. The highest BCUT2D eigenvalue weighted by molar-refractivity contribution is 7.89. The Morgan fingerprint density at radius 1 is 1.25 bits per heavy atom. The average molecular weight is 356 g/mol. The fourth-order valence-electron chi connectivity index (χ4n) is 2.79. The summed E-state index contributed by atoms with van der Waals surface area (Å²) in [5.74, 6) is -1.43. The molecule has 0 radical (unpaired) electrons. The molecule has 4 N–H and O–H groups in total. The van der Waals surface area contributed by atoms with Gasteiger partial charge in [-0.05, 0) is 43.9 Å². The van der Waals surface area contributed by atoms with Gasteiger partial charge in [0.2, 0.25) is 10.0 Å². The number of benzene rings is 1. The van der Waals surface area contributed by atoms with Gasteiger partial charge in [-0.1, -0.05) is 0 Å². The topological polar surface area (TPSA) is 136 Å². The molecular weight excluding hydrogens is 336 g/mol. The summed E-state index contributed by atoms with van der Waals surface area (Å²) in [7, 11) is -2.56. The van der Waals surface area contributed by atoms with Gasteiger partial charge in [-0.2, -0.15) is 0 Å². The maximum Gasteiger partial charge on any atom is 0.306 e. The SMILES string of the molecule is COc1ccc(S(N)(=O)=O)cc1C(=O)NC1CCC(C(=O)O)CC1. The molecule has 0 heterocycles. The van der Waals surface area contributed by atoms with Crippen LogP contribution in [0.4, 0.5) is 0 Å². The molecule has 24 heavy (non-hydrogen) atoms. The number of carboxylic acids is 1. The van der Waals surface area contributed by atoms with Crippen molar-refractivity contribution in [1.29, 1.82) is 0 Å². The molecule has 1 saturated carbocycles. The molecule has 8 nitrogen and oxygen atoms in total. The Kier molecular flexibility index (Phi) is 5.45. The highest BCUT2D eigenvalue weighted by Crippen LogP contribution is 2.26. The van der Waals surface area contributed by atoms with Crippen LogP contribution in [0.15, 0.2) is 23.1 Å². The number of aliphatic carboxylic acids is 1. The van der Waals surface area contributed by atoms with E-state index >= 15 is 0 Å². The normalized spacial score (nSPS) is 21.1. The molecule has 1 aliphatic carbocycles. The molecule has 1 aliphatic rings. The minimum Gasteiger partial charge on any atom is -0.496 e. The van der Waals surface area contributed by atoms with E-state index in [1.807, 2.05) is 0 Å². The standard InChI is InChI=1S/C15H20N2O6S/c1-23-13-7-6-11(24(16,21)22)8-12(13)14(18)17-10-4-2-9(3-5-10)15(19)20/h6-10H,2-5H2,1H3,(H,17,18)(H,19,20)(H2,16,21,22). The second kappa shape index (κ2) is 7.18. The molecule has 0 bridgehead atoms. The van der Waals surface area contributed by atoms with Crippen LogP contribution in [-0.4, -0.2) is 38.6 Å². The Morgan fingerprint density at radius 3 is 2.38 bits per heavy atom. The number of methoxy groups -OCH3 is 1. The number of carbonyl (C=O) groups is 2. The lowest BCUT2D eigenvalue weighted by atomic mass is 9.86. The highest BCUT2D eigenvalue weighted by Gasteiger charge is 2.27. The van der Waals surface area contributed by atoms with E-state index in [1.54, 1.807) is 0 Å². The fourth-order valence-corrected chi connectivity index (χ4v) is 3.33. The average Bonchev–Trinajstić information content (AvgIpc) is 2.53. The fraction of sp³-hybridized carbons (Fsp3) is 0.467. The predicted molar refractivity (Wildman–Crippen MR) is 85.2 cm³/mol. The molecule has 0 saturated heterocycles. The Hall–Kier alpha value is -2.13. The van der Waals surface area contributed by atoms with Crippen molar-refractivity contribution in [1.82, 2.24) is 5.32 Å². The number of carboxylic acid groups (broad SMARTS) is 1. The van der Waals surface area contributed by atoms with Gasteiger partial charge < -0.3 is 15.2 Å². The van der Waals surface area contributed by atoms with E-state index in [0.29, 0.717) is 25.7 Å². The first-order valence-electron chi connectivity index (χ1n) is 7.47. The van der Waals surface area contributed by atoms with Crippen molar-refractivity contribution in [3.8, 4) is 5.75 Å². The summed E-state index contributed by atoms with van der Waals surface area (Å²) >= 11 is 0. The Labute approximate surface area is 140 Å². The Bertz CT molecular complexity index is 738. The molecule has 0 unspecified atom stereocenters. The molecular formula is C15H20N2O6S. The van der Waals surface area contributed by atoms with Crippen LogP contribution in [0.1, 0.15) is 36.0 Å². The lowest BCUT2D eigenvalue weighted by Gasteiger charge is -2.27. The highest BCUT2D eigenvalue weighted by atomic mass is 32.2. The number of hydrogen-bond acceptors (Lipinski definition) is 5. The summed E-state index contributed by atoms with van der Waals surface area (Å²) in [4.78, 5) is 23.2. The van der Waals surface area contributed by atoms with Crippen molar-refractivity contribution in [3.63, 3.8) is 0 Å². The summed E-state index contributed by atoms with van der Waals surface area (Å²) < 4.78 is 28.0. The number of primary sulfonamides is 1. The van der Waals surface area contributed by atoms with E-state index in [0.717, 1.165) is 0 Å². The summed E-state index contributed by atoms with van der Waals surface area (Å²) in [6, 6.07) is 3.65. The van der Waals surface area contributed by atoms with Crippen LogP contribution < -0.4 is 15.2 Å². The second-order valence-corrected chi connectivity index (χ2v) is 7.33. The quantitative estimate of drug-likeness (QED) is 0.711. The van der Waals surface area contributed by atoms with Gasteiger partial charge in [-0.15, -0.1) is 0 Å². The van der Waals surface area contributed by atoms with Crippen molar-refractivity contribution in [2.75, 3.05) is 7.11 Å². The van der Waals surface area contributed by atoms with Crippen molar-refractivity contribution < 1.29 is 27.9 Å². The first-order chi connectivity index (χ1) is 11.2. The van der Waals surface area contributed by atoms with Crippen LogP contribution in [0.25, 0.3) is 0 Å². The van der Waals surface area contributed by atoms with Crippen molar-refractivity contribution in [2.24, 2.45) is 11.1 Å². The molecule has 132 valence electrons. The van der Waals surface area contributed by atoms with E-state index in [-0.39, 0.29) is 28.2 Å². The molecule has 1 aromatic rings. The molecule has 0 aromatic heterocycles. The number of hydrogen-bond donors (Lipinski definition) is 3. The molecule has 0 aliphatic heterocycles. The third kappa shape index (κ3) is 4.24. The summed E-state index contributed by atoms with van der Waals surface area (Å²) in [5, 5.41) is 16.9. The molecule has 1 aromatic carbocycles. The van der Waals surface area contributed by atoms with Gasteiger partial charge in [0.1, 0.15) is 5.75 Å². The summed E-state index contributed by atoms with van der Waals surface area (Å²) in [6.07, 6.45) is 2.10. The maximum absolute atomic E-state index is 12.4. The first-order valence-corrected chi connectivity index (χ1v) is 9.01. The number of nitrogens with one attached hydrogen (secondary N) is 1. The van der Waals surface area contributed by atoms with E-state index in [2.05, 4.69) is 5.32 Å². The number of nitrogens with two attached hydrogens (primary N) is 1. The van der Waals surface area contributed by atoms with Crippen LogP contribution in [-0.2, 0) is 14.8 Å². The van der Waals surface area contributed by atoms with E-state index in [1.165, 1.54) is 25.3 Å². The largest absolute Gasteiger partial charge is 0.496 e. The Balaban J connectivity index is 2.13. The first kappa shape index (κ1) is 18.2. The minimum absolute atomic E-state index is 0.0735. The van der Waals surface area contributed by atoms with Crippen LogP contribution >= 0.6 is 0 Å².